The summed E-state index contributed by atoms with van der Waals surface area (Å²) in [6, 6.07) is 14.8. The number of hydrogen-bond donors (Lipinski definition) is 0. The van der Waals surface area contributed by atoms with Crippen molar-refractivity contribution in [3.63, 3.8) is 0 Å². The van der Waals surface area contributed by atoms with E-state index in [2.05, 4.69) is 10.1 Å². The second-order valence-corrected chi connectivity index (χ2v) is 4.42. The summed E-state index contributed by atoms with van der Waals surface area (Å²) in [6.07, 6.45) is 4.95. The van der Waals surface area contributed by atoms with Gasteiger partial charge in [-0.05, 0) is 23.8 Å². The van der Waals surface area contributed by atoms with Crippen molar-refractivity contribution in [3.8, 4) is 5.82 Å². The van der Waals surface area contributed by atoms with Crippen LogP contribution in [-0.4, -0.2) is 20.7 Å². The minimum absolute atomic E-state index is 0.251. The third kappa shape index (κ3) is 3.14. The first-order valence-corrected chi connectivity index (χ1v) is 6.50. The molecule has 0 amide bonds. The van der Waals surface area contributed by atoms with Crippen LogP contribution in [0.1, 0.15) is 15.9 Å². The molecule has 0 atom stereocenters. The number of nitrogens with zero attached hydrogens (tertiary/aromatic N) is 3. The van der Waals surface area contributed by atoms with Crippen LogP contribution in [-0.2, 0) is 11.3 Å². The molecule has 0 bridgehead atoms. The Bertz CT molecular complexity index is 707. The van der Waals surface area contributed by atoms with Gasteiger partial charge >= 0.3 is 5.97 Å². The highest BCUT2D eigenvalue weighted by Crippen LogP contribution is 2.08. The largest absolute Gasteiger partial charge is 0.457 e. The number of pyridine rings is 1. The highest BCUT2D eigenvalue weighted by atomic mass is 16.5. The second kappa shape index (κ2) is 6.00. The lowest BCUT2D eigenvalue weighted by molar-refractivity contribution is 0.0472. The molecule has 0 aliphatic heterocycles. The molecule has 5 nitrogen and oxygen atoms in total. The van der Waals surface area contributed by atoms with Gasteiger partial charge in [0.15, 0.2) is 5.82 Å². The third-order valence-corrected chi connectivity index (χ3v) is 2.94. The van der Waals surface area contributed by atoms with E-state index in [-0.39, 0.29) is 6.61 Å². The first-order chi connectivity index (χ1) is 10.3. The Morgan fingerprint density at radius 2 is 1.95 bits per heavy atom. The van der Waals surface area contributed by atoms with Gasteiger partial charge in [0.1, 0.15) is 6.61 Å². The van der Waals surface area contributed by atoms with Crippen LogP contribution in [0.4, 0.5) is 0 Å². The number of esters is 1. The van der Waals surface area contributed by atoms with E-state index in [1.807, 2.05) is 36.4 Å². The number of carbonyl (C=O) groups excluding carboxylic acids is 1. The van der Waals surface area contributed by atoms with Crippen LogP contribution >= 0.6 is 0 Å². The summed E-state index contributed by atoms with van der Waals surface area (Å²) >= 11 is 0. The molecule has 0 spiro atoms. The molecule has 5 heteroatoms. The van der Waals surface area contributed by atoms with Crippen LogP contribution in [0, 0.1) is 0 Å². The van der Waals surface area contributed by atoms with Crippen molar-refractivity contribution in [1.29, 1.82) is 0 Å². The van der Waals surface area contributed by atoms with Crippen molar-refractivity contribution in [3.05, 3.63) is 78.2 Å². The van der Waals surface area contributed by atoms with Crippen molar-refractivity contribution in [2.75, 3.05) is 0 Å². The van der Waals surface area contributed by atoms with Crippen LogP contribution in [0.3, 0.4) is 0 Å². The summed E-state index contributed by atoms with van der Waals surface area (Å²) in [5.41, 5.74) is 1.37. The van der Waals surface area contributed by atoms with Crippen LogP contribution in [0.2, 0.25) is 0 Å². The molecule has 104 valence electrons. The molecule has 21 heavy (non-hydrogen) atoms. The highest BCUT2D eigenvalue weighted by molar-refractivity contribution is 5.89. The van der Waals surface area contributed by atoms with Crippen LogP contribution in [0.5, 0.6) is 0 Å². The molecule has 0 saturated carbocycles. The Balaban J connectivity index is 1.65. The van der Waals surface area contributed by atoms with E-state index in [1.54, 1.807) is 29.2 Å². The molecule has 1 aromatic carbocycles. The summed E-state index contributed by atoms with van der Waals surface area (Å²) < 4.78 is 6.87. The fraction of sp³-hybridized carbons (Fsp3) is 0.0625. The van der Waals surface area contributed by atoms with Crippen molar-refractivity contribution < 1.29 is 9.53 Å². The minimum atomic E-state index is -0.390. The zero-order valence-corrected chi connectivity index (χ0v) is 11.2. The van der Waals surface area contributed by atoms with Gasteiger partial charge < -0.3 is 4.74 Å². The minimum Gasteiger partial charge on any atom is -0.457 e. The second-order valence-electron chi connectivity index (χ2n) is 4.42. The average molecular weight is 279 g/mol. The number of carbonyl (C=O) groups is 1. The van der Waals surface area contributed by atoms with E-state index in [0.717, 1.165) is 5.56 Å². The predicted molar refractivity (Wildman–Crippen MR) is 76.9 cm³/mol. The van der Waals surface area contributed by atoms with Crippen LogP contribution < -0.4 is 0 Å². The lowest BCUT2D eigenvalue weighted by atomic mass is 10.2. The van der Waals surface area contributed by atoms with Crippen LogP contribution in [0.25, 0.3) is 5.82 Å². The predicted octanol–water partition coefficient (Wildman–Crippen LogP) is 2.62. The molecule has 0 radical (unpaired) electrons. The molecule has 2 heterocycles. The summed E-state index contributed by atoms with van der Waals surface area (Å²) in [5, 5.41) is 4.07. The molecule has 2 aromatic heterocycles. The Morgan fingerprint density at radius 1 is 1.10 bits per heavy atom. The molecular weight excluding hydrogens is 266 g/mol. The third-order valence-electron chi connectivity index (χ3n) is 2.94. The quantitative estimate of drug-likeness (QED) is 0.689. The van der Waals surface area contributed by atoms with Gasteiger partial charge in [-0.3, -0.25) is 0 Å². The zero-order chi connectivity index (χ0) is 14.5. The Morgan fingerprint density at radius 3 is 2.62 bits per heavy atom. The smallest absolute Gasteiger partial charge is 0.340 e. The topological polar surface area (TPSA) is 57.0 Å². The number of benzene rings is 1. The Labute approximate surface area is 121 Å². The fourth-order valence-corrected chi connectivity index (χ4v) is 1.85. The summed E-state index contributed by atoms with van der Waals surface area (Å²) in [6.45, 7) is 0.251. The van der Waals surface area contributed by atoms with Gasteiger partial charge in [-0.2, -0.15) is 5.10 Å². The lowest BCUT2D eigenvalue weighted by Crippen LogP contribution is -2.07. The number of rotatable bonds is 4. The summed E-state index contributed by atoms with van der Waals surface area (Å²) in [7, 11) is 0. The Hall–Kier alpha value is -2.95. The first kappa shape index (κ1) is 13.1. The lowest BCUT2D eigenvalue weighted by Gasteiger charge is -2.05. The van der Waals surface area contributed by atoms with E-state index >= 15 is 0 Å². The van der Waals surface area contributed by atoms with E-state index in [1.165, 1.54) is 6.20 Å². The molecule has 0 N–H and O–H groups in total. The van der Waals surface area contributed by atoms with Gasteiger partial charge in [0.05, 0.1) is 5.56 Å². The SMILES string of the molecule is O=C(OCc1ccccc1)c1ccc(-n2cccn2)nc1. The molecule has 0 fully saturated rings. The standard InChI is InChI=1S/C16H13N3O2/c20-16(21-12-13-5-2-1-3-6-13)14-7-8-15(17-11-14)19-10-4-9-18-19/h1-11H,12H2. The Kier molecular flexibility index (Phi) is 3.73. The van der Waals surface area contributed by atoms with E-state index in [0.29, 0.717) is 11.4 Å². The monoisotopic (exact) mass is 279 g/mol. The number of aromatic nitrogens is 3. The first-order valence-electron chi connectivity index (χ1n) is 6.50. The van der Waals surface area contributed by atoms with Gasteiger partial charge in [0.2, 0.25) is 0 Å². The highest BCUT2D eigenvalue weighted by Gasteiger charge is 2.08. The van der Waals surface area contributed by atoms with Crippen LogP contribution in [0.15, 0.2) is 67.1 Å². The molecule has 0 aliphatic rings. The zero-order valence-electron chi connectivity index (χ0n) is 11.2. The number of ether oxygens (including phenoxy) is 1. The van der Waals surface area contributed by atoms with Crippen molar-refractivity contribution >= 4 is 5.97 Å². The molecule has 0 unspecified atom stereocenters. The average Bonchev–Trinajstić information content (AvgIpc) is 3.08. The fourth-order valence-electron chi connectivity index (χ4n) is 1.85. The summed E-state index contributed by atoms with van der Waals surface area (Å²) in [5.74, 6) is 0.262. The summed E-state index contributed by atoms with van der Waals surface area (Å²) in [4.78, 5) is 16.1. The molecule has 3 rings (SSSR count). The maximum atomic E-state index is 11.9. The maximum absolute atomic E-state index is 11.9. The van der Waals surface area contributed by atoms with Gasteiger partial charge in [-0.25, -0.2) is 14.5 Å². The van der Waals surface area contributed by atoms with Gasteiger partial charge in [-0.1, -0.05) is 30.3 Å². The maximum Gasteiger partial charge on any atom is 0.340 e. The molecular formula is C16H13N3O2. The van der Waals surface area contributed by atoms with E-state index < -0.39 is 5.97 Å². The number of hydrogen-bond acceptors (Lipinski definition) is 4. The normalized spacial score (nSPS) is 10.3. The van der Waals surface area contributed by atoms with Crippen molar-refractivity contribution in [1.82, 2.24) is 14.8 Å². The van der Waals surface area contributed by atoms with Gasteiger partial charge in [0, 0.05) is 18.6 Å². The molecule has 3 aromatic rings. The van der Waals surface area contributed by atoms with E-state index in [4.69, 9.17) is 4.74 Å². The van der Waals surface area contributed by atoms with E-state index in [9.17, 15) is 4.79 Å². The molecule has 0 saturated heterocycles. The van der Waals surface area contributed by atoms with Gasteiger partial charge in [0.25, 0.3) is 0 Å². The van der Waals surface area contributed by atoms with Gasteiger partial charge in [-0.15, -0.1) is 0 Å². The molecule has 0 aliphatic carbocycles. The van der Waals surface area contributed by atoms with Crippen molar-refractivity contribution in [2.24, 2.45) is 0 Å². The van der Waals surface area contributed by atoms with Crippen molar-refractivity contribution in [2.45, 2.75) is 6.61 Å².